The fourth-order valence-corrected chi connectivity index (χ4v) is 6.31. The smallest absolute Gasteiger partial charge is 0.255 e. The van der Waals surface area contributed by atoms with Crippen LogP contribution < -0.4 is 5.73 Å². The van der Waals surface area contributed by atoms with Gasteiger partial charge in [-0.1, -0.05) is 18.2 Å². The van der Waals surface area contributed by atoms with Gasteiger partial charge in [0.15, 0.2) is 0 Å². The minimum Gasteiger partial charge on any atom is -0.369 e. The molecule has 0 unspecified atom stereocenters. The Bertz CT molecular complexity index is 1240. The van der Waals surface area contributed by atoms with E-state index in [-0.39, 0.29) is 42.7 Å². The van der Waals surface area contributed by atoms with Crippen LogP contribution in [0.2, 0.25) is 0 Å². The van der Waals surface area contributed by atoms with Crippen molar-refractivity contribution in [3.63, 3.8) is 0 Å². The van der Waals surface area contributed by atoms with Crippen molar-refractivity contribution >= 4 is 56.4 Å². The van der Waals surface area contributed by atoms with E-state index in [1.165, 1.54) is 22.1 Å². The molecule has 1 aliphatic rings. The molecule has 1 fully saturated rings. The summed E-state index contributed by atoms with van der Waals surface area (Å²) in [5, 5.41) is 0. The van der Waals surface area contributed by atoms with Gasteiger partial charge in [-0.25, -0.2) is 8.42 Å². The van der Waals surface area contributed by atoms with Gasteiger partial charge in [0, 0.05) is 31.1 Å². The van der Waals surface area contributed by atoms with Crippen LogP contribution in [-0.4, -0.2) is 70.1 Å². The Morgan fingerprint density at radius 2 is 1.77 bits per heavy atom. The molecule has 12 heteroatoms. The average Bonchev–Trinajstić information content (AvgIpc) is 3.26. The van der Waals surface area contributed by atoms with Gasteiger partial charge in [0.1, 0.15) is 15.9 Å². The first kappa shape index (κ1) is 21.7. The van der Waals surface area contributed by atoms with Crippen molar-refractivity contribution in [2.45, 2.75) is 9.79 Å². The van der Waals surface area contributed by atoms with Crippen LogP contribution in [0.4, 0.5) is 0 Å². The summed E-state index contributed by atoms with van der Waals surface area (Å²) >= 11 is 2.18. The Morgan fingerprint density at radius 3 is 2.52 bits per heavy atom. The van der Waals surface area contributed by atoms with Crippen molar-refractivity contribution < 1.29 is 18.0 Å². The van der Waals surface area contributed by atoms with Crippen LogP contribution in [0.25, 0.3) is 11.0 Å². The number of primary amides is 1. The zero-order valence-electron chi connectivity index (χ0n) is 16.3. The molecular formula is C19H19N5O4S3. The quantitative estimate of drug-likeness (QED) is 0.532. The van der Waals surface area contributed by atoms with Crippen LogP contribution in [-0.2, 0) is 14.8 Å². The molecule has 1 aromatic heterocycles. The highest BCUT2D eigenvalue weighted by Gasteiger charge is 2.32. The molecule has 1 saturated heterocycles. The molecule has 3 aromatic rings. The second-order valence-corrected chi connectivity index (χ2v) is 10.3. The summed E-state index contributed by atoms with van der Waals surface area (Å²) < 4.78 is 35.9. The van der Waals surface area contributed by atoms with Gasteiger partial charge >= 0.3 is 0 Å². The molecule has 0 spiro atoms. The summed E-state index contributed by atoms with van der Waals surface area (Å²) in [5.74, 6) is -0.584. The highest BCUT2D eigenvalue weighted by atomic mass is 32.2. The summed E-state index contributed by atoms with van der Waals surface area (Å²) in [6, 6.07) is 11.9. The number of rotatable bonds is 6. The highest BCUT2D eigenvalue weighted by Crippen LogP contribution is 2.27. The predicted octanol–water partition coefficient (Wildman–Crippen LogP) is 1.42. The minimum absolute atomic E-state index is 0.0767. The largest absolute Gasteiger partial charge is 0.369 e. The van der Waals surface area contributed by atoms with Gasteiger partial charge in [-0.15, -0.1) is 11.8 Å². The molecule has 9 nitrogen and oxygen atoms in total. The number of aromatic nitrogens is 2. The summed E-state index contributed by atoms with van der Waals surface area (Å²) in [7, 11) is -3.75. The van der Waals surface area contributed by atoms with Gasteiger partial charge in [-0.2, -0.15) is 13.1 Å². The van der Waals surface area contributed by atoms with Crippen LogP contribution in [0.1, 0.15) is 10.4 Å². The zero-order chi connectivity index (χ0) is 22.0. The lowest BCUT2D eigenvalue weighted by atomic mass is 10.2. The molecule has 0 aliphatic carbocycles. The van der Waals surface area contributed by atoms with E-state index in [1.807, 2.05) is 0 Å². The monoisotopic (exact) mass is 477 g/mol. The van der Waals surface area contributed by atoms with Crippen LogP contribution >= 0.6 is 23.5 Å². The molecule has 0 saturated carbocycles. The van der Waals surface area contributed by atoms with Gasteiger partial charge in [0.2, 0.25) is 15.9 Å². The fourth-order valence-electron chi connectivity index (χ4n) is 3.35. The number of piperazine rings is 1. The Labute approximate surface area is 187 Å². The SMILES string of the molecule is NC(=O)CSc1ccccc1C(=O)N1CCN(S(=O)(=O)c2cccc3nsnc23)CC1. The summed E-state index contributed by atoms with van der Waals surface area (Å²) in [6.45, 7) is 0.883. The van der Waals surface area contributed by atoms with Crippen molar-refractivity contribution in [2.24, 2.45) is 5.73 Å². The number of sulfonamides is 1. The molecule has 2 amide bonds. The Hall–Kier alpha value is -2.54. The second-order valence-electron chi connectivity index (χ2n) is 6.84. The molecular weight excluding hydrogens is 458 g/mol. The van der Waals surface area contributed by atoms with E-state index in [4.69, 9.17) is 5.73 Å². The number of thioether (sulfide) groups is 1. The van der Waals surface area contributed by atoms with Crippen molar-refractivity contribution in [3.05, 3.63) is 48.0 Å². The number of hydrogen-bond acceptors (Lipinski definition) is 8. The van der Waals surface area contributed by atoms with Crippen molar-refractivity contribution in [2.75, 3.05) is 31.9 Å². The summed E-state index contributed by atoms with van der Waals surface area (Å²) in [4.78, 5) is 26.6. The molecule has 2 N–H and O–H groups in total. The van der Waals surface area contributed by atoms with Gasteiger partial charge in [0.05, 0.1) is 23.0 Å². The lowest BCUT2D eigenvalue weighted by Gasteiger charge is -2.34. The number of hydrogen-bond donors (Lipinski definition) is 1. The number of nitrogens with two attached hydrogens (primary N) is 1. The average molecular weight is 478 g/mol. The minimum atomic E-state index is -3.75. The highest BCUT2D eigenvalue weighted by molar-refractivity contribution is 8.00. The lowest BCUT2D eigenvalue weighted by Crippen LogP contribution is -2.50. The van der Waals surface area contributed by atoms with Crippen molar-refractivity contribution in [1.29, 1.82) is 0 Å². The van der Waals surface area contributed by atoms with E-state index in [9.17, 15) is 18.0 Å². The van der Waals surface area contributed by atoms with Crippen LogP contribution in [0.5, 0.6) is 0 Å². The number of carbonyl (C=O) groups is 2. The van der Waals surface area contributed by atoms with Crippen molar-refractivity contribution in [1.82, 2.24) is 18.0 Å². The normalized spacial score (nSPS) is 15.3. The molecule has 31 heavy (non-hydrogen) atoms. The van der Waals surface area contributed by atoms with Gasteiger partial charge in [-0.3, -0.25) is 9.59 Å². The third-order valence-electron chi connectivity index (χ3n) is 4.88. The van der Waals surface area contributed by atoms with E-state index in [0.717, 1.165) is 11.7 Å². The standard InChI is InChI=1S/C19H19N5O4S3/c20-17(25)12-29-15-6-2-1-4-13(15)19(26)23-8-10-24(11-9-23)31(27,28)16-7-3-5-14-18(16)22-30-21-14/h1-7H,8-12H2,(H2,20,25). The predicted molar refractivity (Wildman–Crippen MR) is 118 cm³/mol. The first-order valence-electron chi connectivity index (χ1n) is 9.39. The molecule has 162 valence electrons. The Morgan fingerprint density at radius 1 is 1.03 bits per heavy atom. The molecule has 1 aliphatic heterocycles. The summed E-state index contributed by atoms with van der Waals surface area (Å²) in [6.07, 6.45) is 0. The van der Waals surface area contributed by atoms with E-state index in [0.29, 0.717) is 21.5 Å². The molecule has 2 aromatic carbocycles. The summed E-state index contributed by atoms with van der Waals surface area (Å²) in [5.41, 5.74) is 6.60. The second kappa shape index (κ2) is 8.91. The molecule has 4 rings (SSSR count). The van der Waals surface area contributed by atoms with Crippen LogP contribution in [0, 0.1) is 0 Å². The third-order valence-corrected chi connectivity index (χ3v) is 8.45. The van der Waals surface area contributed by atoms with Gasteiger partial charge in [-0.05, 0) is 24.3 Å². The van der Waals surface area contributed by atoms with Crippen LogP contribution in [0.15, 0.2) is 52.3 Å². The van der Waals surface area contributed by atoms with E-state index < -0.39 is 15.9 Å². The number of amides is 2. The maximum Gasteiger partial charge on any atom is 0.255 e. The van der Waals surface area contributed by atoms with Gasteiger partial charge in [0.25, 0.3) is 5.91 Å². The molecule has 0 radical (unpaired) electrons. The Balaban J connectivity index is 1.48. The van der Waals surface area contributed by atoms with E-state index >= 15 is 0 Å². The molecule has 0 bridgehead atoms. The number of fused-ring (bicyclic) bond motifs is 1. The fraction of sp³-hybridized carbons (Fsp3) is 0.263. The van der Waals surface area contributed by atoms with Crippen molar-refractivity contribution in [3.8, 4) is 0 Å². The van der Waals surface area contributed by atoms with E-state index in [2.05, 4.69) is 8.75 Å². The maximum atomic E-state index is 13.2. The zero-order valence-corrected chi connectivity index (χ0v) is 18.8. The number of carbonyl (C=O) groups excluding carboxylic acids is 2. The topological polar surface area (TPSA) is 127 Å². The van der Waals surface area contributed by atoms with Gasteiger partial charge < -0.3 is 10.6 Å². The number of benzene rings is 2. The van der Waals surface area contributed by atoms with E-state index in [1.54, 1.807) is 41.3 Å². The first-order chi connectivity index (χ1) is 14.9. The lowest BCUT2D eigenvalue weighted by molar-refractivity contribution is -0.115. The third kappa shape index (κ3) is 4.42. The number of nitrogens with zero attached hydrogens (tertiary/aromatic N) is 4. The maximum absolute atomic E-state index is 13.2. The first-order valence-corrected chi connectivity index (χ1v) is 12.5. The molecule has 2 heterocycles. The Kier molecular flexibility index (Phi) is 6.23. The van der Waals surface area contributed by atoms with Crippen LogP contribution in [0.3, 0.4) is 0 Å². The molecule has 0 atom stereocenters.